The predicted octanol–water partition coefficient (Wildman–Crippen LogP) is 1.64. The number of carbonyl (C=O) groups is 1. The third-order valence-corrected chi connectivity index (χ3v) is 3.46. The molecule has 0 saturated carbocycles. The molecule has 0 amide bonds. The molecular weight excluding hydrogens is 276 g/mol. The van der Waals surface area contributed by atoms with Crippen molar-refractivity contribution in [3.8, 4) is 0 Å². The second kappa shape index (κ2) is 7.04. The van der Waals surface area contributed by atoms with Crippen LogP contribution in [-0.4, -0.2) is 33.9 Å². The summed E-state index contributed by atoms with van der Waals surface area (Å²) in [5, 5.41) is 10.2. The average Bonchev–Trinajstić information content (AvgIpc) is 3.00. The first-order chi connectivity index (χ1) is 9.67. The second-order valence-corrected chi connectivity index (χ2v) is 5.14. The second-order valence-electron chi connectivity index (χ2n) is 4.28. The minimum absolute atomic E-state index is 0.228. The molecule has 108 valence electrons. The molecule has 0 bridgehead atoms. The Hall–Kier alpha value is -1.89. The fourth-order valence-electron chi connectivity index (χ4n) is 1.72. The van der Waals surface area contributed by atoms with Gasteiger partial charge in [0.15, 0.2) is 5.13 Å². The predicted molar refractivity (Wildman–Crippen MR) is 77.9 cm³/mol. The number of rotatable bonds is 7. The molecule has 0 atom stereocenters. The third kappa shape index (κ3) is 4.34. The molecule has 1 N–H and O–H groups in total. The van der Waals surface area contributed by atoms with Crippen molar-refractivity contribution >= 4 is 22.4 Å². The van der Waals surface area contributed by atoms with Crippen LogP contribution in [0.4, 0.5) is 5.13 Å². The van der Waals surface area contributed by atoms with Gasteiger partial charge in [0, 0.05) is 31.6 Å². The Bertz CT molecular complexity index is 564. The lowest BCUT2D eigenvalue weighted by Crippen LogP contribution is -2.08. The van der Waals surface area contributed by atoms with Crippen LogP contribution >= 0.6 is 11.3 Å². The first-order valence-electron chi connectivity index (χ1n) is 6.49. The van der Waals surface area contributed by atoms with Gasteiger partial charge in [0.05, 0.1) is 24.4 Å². The summed E-state index contributed by atoms with van der Waals surface area (Å²) in [6, 6.07) is 2.00. The molecule has 0 aliphatic rings. The highest BCUT2D eigenvalue weighted by atomic mass is 32.1. The Balaban J connectivity index is 1.76. The van der Waals surface area contributed by atoms with Crippen molar-refractivity contribution in [1.82, 2.24) is 14.8 Å². The number of hydrogen-bond donors (Lipinski definition) is 1. The summed E-state index contributed by atoms with van der Waals surface area (Å²) in [7, 11) is 1.90. The molecule has 0 aliphatic carbocycles. The number of ether oxygens (including phenoxy) is 1. The lowest BCUT2D eigenvalue weighted by atomic mass is 10.3. The van der Waals surface area contributed by atoms with E-state index in [1.807, 2.05) is 24.7 Å². The van der Waals surface area contributed by atoms with E-state index in [2.05, 4.69) is 15.4 Å². The highest BCUT2D eigenvalue weighted by Gasteiger charge is 2.08. The van der Waals surface area contributed by atoms with Crippen molar-refractivity contribution in [3.63, 3.8) is 0 Å². The minimum atomic E-state index is -0.238. The number of carbonyl (C=O) groups excluding carboxylic acids is 1. The lowest BCUT2D eigenvalue weighted by molar-refractivity contribution is -0.142. The van der Waals surface area contributed by atoms with Gasteiger partial charge in [-0.25, -0.2) is 4.98 Å². The van der Waals surface area contributed by atoms with Crippen molar-refractivity contribution in [2.45, 2.75) is 19.8 Å². The Morgan fingerprint density at radius 2 is 2.35 bits per heavy atom. The summed E-state index contributed by atoms with van der Waals surface area (Å²) >= 11 is 1.49. The van der Waals surface area contributed by atoms with E-state index in [4.69, 9.17) is 4.74 Å². The van der Waals surface area contributed by atoms with Crippen LogP contribution in [-0.2, 0) is 29.4 Å². The summed E-state index contributed by atoms with van der Waals surface area (Å²) in [4.78, 5) is 15.7. The first kappa shape index (κ1) is 14.5. The molecule has 0 saturated heterocycles. The summed E-state index contributed by atoms with van der Waals surface area (Å²) in [6.45, 7) is 2.96. The zero-order chi connectivity index (χ0) is 14.4. The number of anilines is 1. The largest absolute Gasteiger partial charge is 0.466 e. The maximum Gasteiger partial charge on any atom is 0.311 e. The summed E-state index contributed by atoms with van der Waals surface area (Å²) in [5.74, 6) is -0.238. The molecule has 7 heteroatoms. The standard InChI is InChI=1S/C13H18N4O2S/c1-3-19-12(18)8-11-9-20-13(15-11)14-6-4-10-5-7-17(2)16-10/h5,7,9H,3-4,6,8H2,1-2H3,(H,14,15). The Morgan fingerprint density at radius 3 is 3.05 bits per heavy atom. The van der Waals surface area contributed by atoms with Gasteiger partial charge in [-0.15, -0.1) is 11.3 Å². The number of esters is 1. The van der Waals surface area contributed by atoms with Crippen LogP contribution in [0.2, 0.25) is 0 Å². The monoisotopic (exact) mass is 294 g/mol. The maximum atomic E-state index is 11.3. The fraction of sp³-hybridized carbons (Fsp3) is 0.462. The molecule has 2 heterocycles. The number of thiazole rings is 1. The Kier molecular flexibility index (Phi) is 5.11. The summed E-state index contributed by atoms with van der Waals surface area (Å²) in [5.41, 5.74) is 1.79. The van der Waals surface area contributed by atoms with E-state index >= 15 is 0 Å². The van der Waals surface area contributed by atoms with E-state index in [9.17, 15) is 4.79 Å². The molecule has 0 aromatic carbocycles. The smallest absolute Gasteiger partial charge is 0.311 e. The molecule has 6 nitrogen and oxygen atoms in total. The highest BCUT2D eigenvalue weighted by molar-refractivity contribution is 7.13. The van der Waals surface area contributed by atoms with Gasteiger partial charge in [0.1, 0.15) is 0 Å². The van der Waals surface area contributed by atoms with Gasteiger partial charge < -0.3 is 10.1 Å². The van der Waals surface area contributed by atoms with E-state index in [0.717, 1.165) is 29.5 Å². The number of nitrogens with one attached hydrogen (secondary N) is 1. The van der Waals surface area contributed by atoms with Crippen LogP contribution < -0.4 is 5.32 Å². The van der Waals surface area contributed by atoms with Crippen molar-refractivity contribution in [2.75, 3.05) is 18.5 Å². The van der Waals surface area contributed by atoms with E-state index in [1.54, 1.807) is 11.6 Å². The number of aromatic nitrogens is 3. The Morgan fingerprint density at radius 1 is 1.50 bits per heavy atom. The summed E-state index contributed by atoms with van der Waals surface area (Å²) < 4.78 is 6.68. The van der Waals surface area contributed by atoms with Gasteiger partial charge in [-0.2, -0.15) is 5.10 Å². The third-order valence-electron chi connectivity index (χ3n) is 2.61. The van der Waals surface area contributed by atoms with E-state index in [0.29, 0.717) is 6.61 Å². The number of nitrogens with zero attached hydrogens (tertiary/aromatic N) is 3. The van der Waals surface area contributed by atoms with E-state index in [-0.39, 0.29) is 12.4 Å². The zero-order valence-corrected chi connectivity index (χ0v) is 12.4. The summed E-state index contributed by atoms with van der Waals surface area (Å²) in [6.07, 6.45) is 3.00. The normalized spacial score (nSPS) is 10.5. The van der Waals surface area contributed by atoms with Gasteiger partial charge in [0.25, 0.3) is 0 Å². The van der Waals surface area contributed by atoms with Gasteiger partial charge >= 0.3 is 5.97 Å². The van der Waals surface area contributed by atoms with Gasteiger partial charge in [0.2, 0.25) is 0 Å². The van der Waals surface area contributed by atoms with Crippen molar-refractivity contribution < 1.29 is 9.53 Å². The molecule has 0 unspecified atom stereocenters. The first-order valence-corrected chi connectivity index (χ1v) is 7.37. The van der Waals surface area contributed by atoms with Gasteiger partial charge in [-0.3, -0.25) is 9.48 Å². The van der Waals surface area contributed by atoms with Crippen LogP contribution in [0.1, 0.15) is 18.3 Å². The Labute approximate surface area is 121 Å². The molecule has 2 aromatic rings. The van der Waals surface area contributed by atoms with Gasteiger partial charge in [-0.1, -0.05) is 0 Å². The number of hydrogen-bond acceptors (Lipinski definition) is 6. The van der Waals surface area contributed by atoms with Crippen molar-refractivity contribution in [3.05, 3.63) is 29.0 Å². The molecular formula is C13H18N4O2S. The molecule has 2 aromatic heterocycles. The van der Waals surface area contributed by atoms with E-state index in [1.165, 1.54) is 11.3 Å². The molecule has 0 fully saturated rings. The molecule has 0 spiro atoms. The van der Waals surface area contributed by atoms with Crippen LogP contribution in [0.25, 0.3) is 0 Å². The molecule has 20 heavy (non-hydrogen) atoms. The van der Waals surface area contributed by atoms with Crippen molar-refractivity contribution in [1.29, 1.82) is 0 Å². The van der Waals surface area contributed by atoms with E-state index < -0.39 is 0 Å². The highest BCUT2D eigenvalue weighted by Crippen LogP contribution is 2.16. The topological polar surface area (TPSA) is 69.0 Å². The van der Waals surface area contributed by atoms with Crippen LogP contribution in [0.15, 0.2) is 17.6 Å². The van der Waals surface area contributed by atoms with Crippen LogP contribution in [0, 0.1) is 0 Å². The SMILES string of the molecule is CCOC(=O)Cc1csc(NCCc2ccn(C)n2)n1. The zero-order valence-electron chi connectivity index (χ0n) is 11.6. The van der Waals surface area contributed by atoms with Gasteiger partial charge in [-0.05, 0) is 13.0 Å². The van der Waals surface area contributed by atoms with Crippen LogP contribution in [0.5, 0.6) is 0 Å². The quantitative estimate of drug-likeness (QED) is 0.786. The number of aryl methyl sites for hydroxylation is 1. The molecule has 2 rings (SSSR count). The maximum absolute atomic E-state index is 11.3. The average molecular weight is 294 g/mol. The lowest BCUT2D eigenvalue weighted by Gasteiger charge is -2.00. The minimum Gasteiger partial charge on any atom is -0.466 e. The van der Waals surface area contributed by atoms with Crippen LogP contribution in [0.3, 0.4) is 0 Å². The molecule has 0 radical (unpaired) electrons. The fourth-order valence-corrected chi connectivity index (χ4v) is 2.46. The molecule has 0 aliphatic heterocycles. The van der Waals surface area contributed by atoms with Crippen molar-refractivity contribution in [2.24, 2.45) is 7.05 Å².